The molecule has 1 saturated carbocycles. The Morgan fingerprint density at radius 2 is 2.40 bits per heavy atom. The number of hydrogen-bond donors (Lipinski definition) is 1. The highest BCUT2D eigenvalue weighted by Crippen LogP contribution is 2.49. The monoisotopic (exact) mass is 223 g/mol. The summed E-state index contributed by atoms with van der Waals surface area (Å²) in [6.45, 7) is 0.678. The lowest BCUT2D eigenvalue weighted by Crippen LogP contribution is -2.26. The van der Waals surface area contributed by atoms with E-state index in [1.807, 2.05) is 0 Å². The Labute approximate surface area is 93.1 Å². The molecule has 0 aromatic carbocycles. The third kappa shape index (κ3) is 2.41. The molecular weight excluding hydrogens is 210 g/mol. The minimum Gasteiger partial charge on any atom is -0.393 e. The lowest BCUT2D eigenvalue weighted by atomic mass is 10.0. The number of aromatic nitrogens is 2. The van der Waals surface area contributed by atoms with Crippen LogP contribution in [-0.2, 0) is 6.54 Å². The Balaban J connectivity index is 2.12. The summed E-state index contributed by atoms with van der Waals surface area (Å²) in [6.07, 6.45) is 5.98. The fourth-order valence-electron chi connectivity index (χ4n) is 1.80. The van der Waals surface area contributed by atoms with Gasteiger partial charge in [0.1, 0.15) is 0 Å². The Bertz CT molecular complexity index is 436. The fraction of sp³-hybridized carbons (Fsp3) is 0.500. The molecule has 0 atom stereocenters. The highest BCUT2D eigenvalue weighted by Gasteiger charge is 2.43. The summed E-state index contributed by atoms with van der Waals surface area (Å²) in [4.78, 5) is 15.9. The number of hydrogen-bond acceptors (Lipinski definition) is 3. The molecule has 2 N–H and O–H groups in total. The highest BCUT2D eigenvalue weighted by molar-refractivity contribution is 7.80. The largest absolute Gasteiger partial charge is 0.393 e. The van der Waals surface area contributed by atoms with Gasteiger partial charge < -0.3 is 5.73 Å². The predicted molar refractivity (Wildman–Crippen MR) is 61.6 cm³/mol. The molecule has 0 spiro atoms. The van der Waals surface area contributed by atoms with Gasteiger partial charge in [-0.15, -0.1) is 0 Å². The van der Waals surface area contributed by atoms with Crippen molar-refractivity contribution in [3.63, 3.8) is 0 Å². The minimum absolute atomic E-state index is 0.0146. The van der Waals surface area contributed by atoms with Crippen LogP contribution >= 0.6 is 12.2 Å². The Morgan fingerprint density at radius 3 is 2.93 bits per heavy atom. The van der Waals surface area contributed by atoms with E-state index in [4.69, 9.17) is 18.0 Å². The second kappa shape index (κ2) is 3.73. The Hall–Kier alpha value is -1.23. The van der Waals surface area contributed by atoms with Gasteiger partial charge in [-0.3, -0.25) is 9.36 Å². The molecular formula is C10H13N3OS. The molecule has 1 heterocycles. The van der Waals surface area contributed by atoms with Crippen molar-refractivity contribution < 1.29 is 0 Å². The summed E-state index contributed by atoms with van der Waals surface area (Å²) in [6, 6.07) is 1.47. The van der Waals surface area contributed by atoms with Crippen LogP contribution in [-0.4, -0.2) is 14.5 Å². The first-order valence-electron chi connectivity index (χ1n) is 4.90. The van der Waals surface area contributed by atoms with Crippen LogP contribution in [0.2, 0.25) is 0 Å². The van der Waals surface area contributed by atoms with Crippen LogP contribution < -0.4 is 11.3 Å². The van der Waals surface area contributed by atoms with E-state index in [1.54, 1.807) is 10.9 Å². The normalized spacial score (nSPS) is 17.3. The van der Waals surface area contributed by atoms with E-state index in [9.17, 15) is 4.79 Å². The van der Waals surface area contributed by atoms with Crippen molar-refractivity contribution in [1.82, 2.24) is 9.55 Å². The van der Waals surface area contributed by atoms with E-state index < -0.39 is 0 Å². The van der Waals surface area contributed by atoms with Crippen molar-refractivity contribution in [3.8, 4) is 0 Å². The van der Waals surface area contributed by atoms with Gasteiger partial charge in [-0.05, 0) is 18.3 Å². The summed E-state index contributed by atoms with van der Waals surface area (Å²) in [5.41, 5.74) is 5.65. The van der Waals surface area contributed by atoms with Crippen LogP contribution in [0.25, 0.3) is 0 Å². The van der Waals surface area contributed by atoms with E-state index in [0.717, 1.165) is 19.3 Å². The lowest BCUT2D eigenvalue weighted by Gasteiger charge is -2.15. The van der Waals surface area contributed by atoms with E-state index in [2.05, 4.69) is 4.98 Å². The topological polar surface area (TPSA) is 60.9 Å². The summed E-state index contributed by atoms with van der Waals surface area (Å²) in [7, 11) is 0. The van der Waals surface area contributed by atoms with Crippen LogP contribution in [0.5, 0.6) is 0 Å². The third-order valence-corrected chi connectivity index (χ3v) is 2.95. The zero-order valence-corrected chi connectivity index (χ0v) is 9.17. The van der Waals surface area contributed by atoms with Crippen LogP contribution in [0.4, 0.5) is 0 Å². The first-order valence-corrected chi connectivity index (χ1v) is 5.31. The van der Waals surface area contributed by atoms with E-state index in [0.29, 0.717) is 11.5 Å². The lowest BCUT2D eigenvalue weighted by molar-refractivity contribution is 0.426. The van der Waals surface area contributed by atoms with Crippen LogP contribution in [0.15, 0.2) is 23.4 Å². The van der Waals surface area contributed by atoms with Gasteiger partial charge in [0.05, 0.1) is 11.3 Å². The SMILES string of the molecule is NC(=S)CC1(Cn2cnccc2=O)CC1. The molecule has 1 aliphatic rings. The molecule has 0 saturated heterocycles. The van der Waals surface area contributed by atoms with Crippen molar-refractivity contribution in [1.29, 1.82) is 0 Å². The number of nitrogens with two attached hydrogens (primary N) is 1. The molecule has 1 aromatic rings. The summed E-state index contributed by atoms with van der Waals surface area (Å²) in [5, 5.41) is 0. The number of rotatable bonds is 4. The van der Waals surface area contributed by atoms with Gasteiger partial charge in [0.2, 0.25) is 0 Å². The maximum Gasteiger partial charge on any atom is 0.253 e. The molecule has 0 amide bonds. The molecule has 0 aliphatic heterocycles. The quantitative estimate of drug-likeness (QED) is 0.763. The van der Waals surface area contributed by atoms with Gasteiger partial charge in [-0.25, -0.2) is 4.98 Å². The smallest absolute Gasteiger partial charge is 0.253 e. The van der Waals surface area contributed by atoms with Gasteiger partial charge in [-0.1, -0.05) is 12.2 Å². The summed E-state index contributed by atoms with van der Waals surface area (Å²) in [5.74, 6) is 0. The Morgan fingerprint density at radius 1 is 1.67 bits per heavy atom. The maximum absolute atomic E-state index is 11.5. The molecule has 5 heteroatoms. The first kappa shape index (κ1) is 10.3. The molecule has 0 unspecified atom stereocenters. The Kier molecular flexibility index (Phi) is 2.56. The molecule has 0 radical (unpaired) electrons. The van der Waals surface area contributed by atoms with Gasteiger partial charge in [0.25, 0.3) is 5.56 Å². The molecule has 1 fully saturated rings. The minimum atomic E-state index is -0.0146. The average Bonchev–Trinajstić information content (AvgIpc) is 2.88. The standard InChI is InChI=1S/C10H13N3OS/c11-8(15)5-10(2-3-10)6-13-7-12-4-1-9(13)14/h1,4,7H,2-3,5-6H2,(H2,11,15). The number of thiocarbonyl (C=S) groups is 1. The van der Waals surface area contributed by atoms with Crippen molar-refractivity contribution in [2.75, 3.05) is 0 Å². The first-order chi connectivity index (χ1) is 7.11. The summed E-state index contributed by atoms with van der Waals surface area (Å²) >= 11 is 4.91. The van der Waals surface area contributed by atoms with E-state index >= 15 is 0 Å². The van der Waals surface area contributed by atoms with Gasteiger partial charge in [0.15, 0.2) is 0 Å². The number of nitrogens with zero attached hydrogens (tertiary/aromatic N) is 2. The second-order valence-electron chi connectivity index (χ2n) is 4.19. The highest BCUT2D eigenvalue weighted by atomic mass is 32.1. The third-order valence-electron chi connectivity index (χ3n) is 2.80. The van der Waals surface area contributed by atoms with Crippen molar-refractivity contribution in [3.05, 3.63) is 28.9 Å². The predicted octanol–water partition coefficient (Wildman–Crippen LogP) is 0.700. The van der Waals surface area contributed by atoms with Crippen LogP contribution in [0.3, 0.4) is 0 Å². The molecule has 1 aliphatic carbocycles. The molecule has 80 valence electrons. The second-order valence-corrected chi connectivity index (χ2v) is 4.71. The van der Waals surface area contributed by atoms with Crippen molar-refractivity contribution in [2.45, 2.75) is 25.8 Å². The van der Waals surface area contributed by atoms with E-state index in [-0.39, 0.29) is 11.0 Å². The van der Waals surface area contributed by atoms with Crippen molar-refractivity contribution in [2.24, 2.45) is 11.1 Å². The van der Waals surface area contributed by atoms with Crippen LogP contribution in [0, 0.1) is 5.41 Å². The van der Waals surface area contributed by atoms with Gasteiger partial charge in [-0.2, -0.15) is 0 Å². The van der Waals surface area contributed by atoms with Crippen molar-refractivity contribution >= 4 is 17.2 Å². The molecule has 4 nitrogen and oxygen atoms in total. The molecule has 15 heavy (non-hydrogen) atoms. The summed E-state index contributed by atoms with van der Waals surface area (Å²) < 4.78 is 1.63. The average molecular weight is 223 g/mol. The molecule has 1 aromatic heterocycles. The maximum atomic E-state index is 11.5. The zero-order chi connectivity index (χ0) is 10.9. The van der Waals surface area contributed by atoms with Crippen LogP contribution in [0.1, 0.15) is 19.3 Å². The van der Waals surface area contributed by atoms with Gasteiger partial charge in [0, 0.05) is 25.2 Å². The van der Waals surface area contributed by atoms with Gasteiger partial charge >= 0.3 is 0 Å². The molecule has 2 rings (SSSR count). The molecule has 0 bridgehead atoms. The van der Waals surface area contributed by atoms with E-state index in [1.165, 1.54) is 12.3 Å². The zero-order valence-electron chi connectivity index (χ0n) is 8.35. The fourth-order valence-corrected chi connectivity index (χ4v) is 2.10.